The minimum Gasteiger partial charge on any atom is -0.382 e. The van der Waals surface area contributed by atoms with E-state index in [2.05, 4.69) is 67.8 Å². The lowest BCUT2D eigenvalue weighted by Gasteiger charge is -2.16. The average Bonchev–Trinajstić information content (AvgIpc) is 3.18. The minimum atomic E-state index is -0.0693. The zero-order chi connectivity index (χ0) is 40.0. The first-order valence-electron chi connectivity index (χ1n) is 23.2. The summed E-state index contributed by atoms with van der Waals surface area (Å²) >= 11 is 0. The van der Waals surface area contributed by atoms with Crippen molar-refractivity contribution in [3.63, 3.8) is 0 Å². The van der Waals surface area contributed by atoms with Crippen molar-refractivity contribution in [1.82, 2.24) is 5.32 Å². The van der Waals surface area contributed by atoms with E-state index in [-0.39, 0.29) is 18.1 Å². The summed E-state index contributed by atoms with van der Waals surface area (Å²) in [5, 5.41) is 2.88. The summed E-state index contributed by atoms with van der Waals surface area (Å²) in [6, 6.07) is 0. The van der Waals surface area contributed by atoms with Crippen LogP contribution in [0.5, 0.6) is 0 Å². The molecule has 55 heavy (non-hydrogen) atoms. The zero-order valence-electron chi connectivity index (χ0n) is 36.5. The highest BCUT2D eigenvalue weighted by Gasteiger charge is 2.15. The van der Waals surface area contributed by atoms with Crippen molar-refractivity contribution < 1.29 is 23.8 Å². The molecule has 0 radical (unpaired) electrons. The third kappa shape index (κ3) is 44.6. The topological polar surface area (TPSA) is 73.9 Å². The van der Waals surface area contributed by atoms with Gasteiger partial charge in [0.1, 0.15) is 5.78 Å². The Labute approximate surface area is 341 Å². The average molecular weight is 772 g/mol. The molecule has 0 saturated heterocycles. The van der Waals surface area contributed by atoms with Crippen LogP contribution in [0.3, 0.4) is 0 Å². The van der Waals surface area contributed by atoms with Gasteiger partial charge in [-0.3, -0.25) is 9.59 Å². The number of methoxy groups -OCH3 is 1. The molecule has 0 rings (SSSR count). The van der Waals surface area contributed by atoms with Crippen LogP contribution >= 0.6 is 0 Å². The number of carbonyl (C=O) groups excluding carboxylic acids is 2. The predicted molar refractivity (Wildman–Crippen MR) is 237 cm³/mol. The molecule has 0 atom stereocenters. The maximum Gasteiger partial charge on any atom is 0.220 e. The standard InChI is InChI=1S/C49H89NO5/c1-4-6-8-10-12-14-16-18-20-22-24-26-28-30-32-34-36-47(37-35-33-31-29-27-25-23-21-19-17-15-13-11-9-7-5-2)46-48(51)38-39-49(52)50-40-41-54-44-45-55-43-42-53-3/h12-15,18-21,47H,4-11,16-17,22-46H2,1-3H3,(H,50,52)/b14-12-,15-13-,20-18-,21-19-. The van der Waals surface area contributed by atoms with Gasteiger partial charge in [0.2, 0.25) is 5.91 Å². The van der Waals surface area contributed by atoms with Crippen LogP contribution in [-0.2, 0) is 23.8 Å². The molecule has 0 aliphatic carbocycles. The highest BCUT2D eigenvalue weighted by Crippen LogP contribution is 2.23. The van der Waals surface area contributed by atoms with Crippen LogP contribution in [-0.4, -0.2) is 58.4 Å². The maximum absolute atomic E-state index is 13.0. The van der Waals surface area contributed by atoms with Crippen molar-refractivity contribution in [2.75, 3.05) is 46.7 Å². The number of hydrogen-bond acceptors (Lipinski definition) is 5. The Morgan fingerprint density at radius 3 is 1.38 bits per heavy atom. The molecule has 0 aromatic carbocycles. The van der Waals surface area contributed by atoms with E-state index < -0.39 is 0 Å². The van der Waals surface area contributed by atoms with Gasteiger partial charge >= 0.3 is 0 Å². The molecule has 0 bridgehead atoms. The fourth-order valence-electron chi connectivity index (χ4n) is 6.68. The van der Waals surface area contributed by atoms with Gasteiger partial charge < -0.3 is 19.5 Å². The van der Waals surface area contributed by atoms with Gasteiger partial charge in [-0.15, -0.1) is 0 Å². The summed E-state index contributed by atoms with van der Waals surface area (Å²) in [4.78, 5) is 25.3. The van der Waals surface area contributed by atoms with Crippen molar-refractivity contribution in [2.24, 2.45) is 5.92 Å². The first-order valence-corrected chi connectivity index (χ1v) is 23.2. The lowest BCUT2D eigenvalue weighted by atomic mass is 9.89. The van der Waals surface area contributed by atoms with Crippen LogP contribution in [0.1, 0.15) is 200 Å². The molecular weight excluding hydrogens is 683 g/mol. The number of amides is 1. The van der Waals surface area contributed by atoms with Crippen molar-refractivity contribution in [3.8, 4) is 0 Å². The van der Waals surface area contributed by atoms with Crippen LogP contribution in [0.15, 0.2) is 48.6 Å². The number of carbonyl (C=O) groups is 2. The fraction of sp³-hybridized carbons (Fsp3) is 0.796. The number of ether oxygens (including phenoxy) is 3. The molecule has 6 heteroatoms. The molecule has 1 amide bonds. The third-order valence-corrected chi connectivity index (χ3v) is 10.1. The van der Waals surface area contributed by atoms with Crippen molar-refractivity contribution in [1.29, 1.82) is 0 Å². The fourth-order valence-corrected chi connectivity index (χ4v) is 6.68. The van der Waals surface area contributed by atoms with Crippen molar-refractivity contribution in [2.45, 2.75) is 200 Å². The summed E-state index contributed by atoms with van der Waals surface area (Å²) in [5.41, 5.74) is 0. The van der Waals surface area contributed by atoms with Crippen LogP contribution in [0.25, 0.3) is 0 Å². The molecule has 320 valence electrons. The lowest BCUT2D eigenvalue weighted by molar-refractivity contribution is -0.126. The number of nitrogens with one attached hydrogen (secondary N) is 1. The van der Waals surface area contributed by atoms with E-state index in [9.17, 15) is 9.59 Å². The number of rotatable bonds is 44. The molecule has 1 N–H and O–H groups in total. The van der Waals surface area contributed by atoms with Gasteiger partial charge in [-0.1, -0.05) is 165 Å². The summed E-state index contributed by atoms with van der Waals surface area (Å²) in [7, 11) is 1.65. The van der Waals surface area contributed by atoms with Crippen LogP contribution in [0, 0.1) is 5.92 Å². The maximum atomic E-state index is 13.0. The molecule has 6 nitrogen and oxygen atoms in total. The second-order valence-corrected chi connectivity index (χ2v) is 15.4. The van der Waals surface area contributed by atoms with Crippen molar-refractivity contribution in [3.05, 3.63) is 48.6 Å². The second-order valence-electron chi connectivity index (χ2n) is 15.4. The van der Waals surface area contributed by atoms with E-state index in [0.29, 0.717) is 58.3 Å². The molecule has 0 aromatic rings. The van der Waals surface area contributed by atoms with E-state index in [4.69, 9.17) is 14.2 Å². The summed E-state index contributed by atoms with van der Waals surface area (Å²) in [6.45, 7) is 7.53. The monoisotopic (exact) mass is 772 g/mol. The minimum absolute atomic E-state index is 0.0693. The molecule has 0 heterocycles. The van der Waals surface area contributed by atoms with Gasteiger partial charge in [-0.05, 0) is 70.1 Å². The van der Waals surface area contributed by atoms with Crippen molar-refractivity contribution >= 4 is 11.7 Å². The van der Waals surface area contributed by atoms with E-state index in [1.54, 1.807) is 7.11 Å². The highest BCUT2D eigenvalue weighted by atomic mass is 16.5. The smallest absolute Gasteiger partial charge is 0.220 e. The number of unbranched alkanes of at least 4 members (excludes halogenated alkanes) is 18. The molecule has 0 aromatic heterocycles. The van der Waals surface area contributed by atoms with Gasteiger partial charge in [-0.2, -0.15) is 0 Å². The Morgan fingerprint density at radius 2 is 0.909 bits per heavy atom. The Balaban J connectivity index is 4.30. The molecule has 0 saturated carbocycles. The first-order chi connectivity index (χ1) is 27.1. The predicted octanol–water partition coefficient (Wildman–Crippen LogP) is 13.5. The molecular formula is C49H89NO5. The van der Waals surface area contributed by atoms with E-state index >= 15 is 0 Å². The van der Waals surface area contributed by atoms with Gasteiger partial charge in [-0.25, -0.2) is 0 Å². The van der Waals surface area contributed by atoms with Crippen LogP contribution in [0.4, 0.5) is 0 Å². The second kappa shape index (κ2) is 46.4. The van der Waals surface area contributed by atoms with Crippen LogP contribution < -0.4 is 5.32 Å². The quantitative estimate of drug-likeness (QED) is 0.0493. The number of hydrogen-bond donors (Lipinski definition) is 1. The third-order valence-electron chi connectivity index (χ3n) is 10.1. The molecule has 0 aliphatic rings. The number of ketones is 1. The Morgan fingerprint density at radius 1 is 0.491 bits per heavy atom. The number of allylic oxidation sites excluding steroid dienone is 8. The summed E-state index contributed by atoms with van der Waals surface area (Å²) < 4.78 is 15.8. The summed E-state index contributed by atoms with van der Waals surface area (Å²) in [6.07, 6.45) is 52.3. The van der Waals surface area contributed by atoms with Gasteiger partial charge in [0.15, 0.2) is 0 Å². The Bertz CT molecular complexity index is 878. The highest BCUT2D eigenvalue weighted by molar-refractivity contribution is 5.85. The van der Waals surface area contributed by atoms with Gasteiger partial charge in [0, 0.05) is 32.9 Å². The Kier molecular flexibility index (Phi) is 44.7. The number of Topliss-reactive ketones (excluding diaryl/α,β-unsaturated/α-hetero) is 1. The SMILES string of the molecule is CCCCC/C=C\C/C=C\CCCCCCCCC(CCCCCCCC/C=C\C/C=C\CCCCC)CC(=O)CCC(=O)NCCOCCOCCOC. The van der Waals surface area contributed by atoms with E-state index in [1.807, 2.05) is 0 Å². The van der Waals surface area contributed by atoms with Gasteiger partial charge in [0.05, 0.1) is 33.0 Å². The lowest BCUT2D eigenvalue weighted by Crippen LogP contribution is -2.28. The van der Waals surface area contributed by atoms with Crippen LogP contribution in [0.2, 0.25) is 0 Å². The molecule has 0 spiro atoms. The summed E-state index contributed by atoms with van der Waals surface area (Å²) in [5.74, 6) is 0.622. The van der Waals surface area contributed by atoms with Gasteiger partial charge in [0.25, 0.3) is 0 Å². The molecule has 0 aliphatic heterocycles. The van der Waals surface area contributed by atoms with E-state index in [0.717, 1.165) is 25.7 Å². The largest absolute Gasteiger partial charge is 0.382 e. The normalized spacial score (nSPS) is 12.1. The zero-order valence-corrected chi connectivity index (χ0v) is 36.5. The molecule has 0 unspecified atom stereocenters. The first kappa shape index (κ1) is 53.0. The van der Waals surface area contributed by atoms with E-state index in [1.165, 1.54) is 141 Å². The Hall–Kier alpha value is -2.02. The molecule has 0 fully saturated rings.